The van der Waals surface area contributed by atoms with Crippen LogP contribution in [0.15, 0.2) is 72.1 Å². The first-order valence-corrected chi connectivity index (χ1v) is 13.0. The van der Waals surface area contributed by atoms with Crippen LogP contribution in [0.4, 0.5) is 17.2 Å². The number of hydrogen-bond acceptors (Lipinski definition) is 8. The Balaban J connectivity index is 1.34. The van der Waals surface area contributed by atoms with E-state index in [0.717, 1.165) is 78.4 Å². The van der Waals surface area contributed by atoms with Gasteiger partial charge in [0.25, 0.3) is 0 Å². The highest BCUT2D eigenvalue weighted by Gasteiger charge is 2.45. The molecule has 1 unspecified atom stereocenters. The number of methoxy groups -OCH3 is 2. The quantitative estimate of drug-likeness (QED) is 0.327. The van der Waals surface area contributed by atoms with Crippen LogP contribution in [0, 0.1) is 5.41 Å². The Labute approximate surface area is 227 Å². The van der Waals surface area contributed by atoms with Crippen LogP contribution in [0.3, 0.4) is 0 Å². The van der Waals surface area contributed by atoms with Crippen LogP contribution in [-0.2, 0) is 4.79 Å². The minimum Gasteiger partial charge on any atom is -0.495 e. The molecule has 2 aliphatic heterocycles. The van der Waals surface area contributed by atoms with E-state index < -0.39 is 0 Å². The van der Waals surface area contributed by atoms with Gasteiger partial charge in [0.2, 0.25) is 5.91 Å². The van der Waals surface area contributed by atoms with Crippen molar-refractivity contribution in [1.82, 2.24) is 14.9 Å². The summed E-state index contributed by atoms with van der Waals surface area (Å²) < 4.78 is 17.0. The topological polar surface area (TPSA) is 93.0 Å². The second-order valence-corrected chi connectivity index (χ2v) is 10.2. The molecule has 9 nitrogen and oxygen atoms in total. The Morgan fingerprint density at radius 1 is 1.08 bits per heavy atom. The normalized spacial score (nSPS) is 18.6. The Morgan fingerprint density at radius 3 is 2.69 bits per heavy atom. The molecular formula is C30H31N5O4. The van der Waals surface area contributed by atoms with E-state index in [0.29, 0.717) is 11.6 Å². The fourth-order valence-corrected chi connectivity index (χ4v) is 5.84. The number of fused-ring (bicyclic) bond motifs is 1. The number of likely N-dealkylation sites (tertiary alicyclic amines) is 1. The number of anilines is 3. The summed E-state index contributed by atoms with van der Waals surface area (Å²) in [5, 5.41) is 4.34. The predicted molar refractivity (Wildman–Crippen MR) is 151 cm³/mol. The summed E-state index contributed by atoms with van der Waals surface area (Å²) in [5.74, 6) is 2.89. The second-order valence-electron chi connectivity index (χ2n) is 10.2. The van der Waals surface area contributed by atoms with Gasteiger partial charge in [0.1, 0.15) is 29.4 Å². The van der Waals surface area contributed by atoms with Crippen molar-refractivity contribution in [2.24, 2.45) is 5.41 Å². The molecule has 4 aromatic rings. The molecule has 39 heavy (non-hydrogen) atoms. The van der Waals surface area contributed by atoms with Crippen molar-refractivity contribution in [3.63, 3.8) is 0 Å². The Kier molecular flexibility index (Phi) is 6.34. The van der Waals surface area contributed by atoms with Crippen LogP contribution in [0.5, 0.6) is 11.5 Å². The molecule has 0 radical (unpaired) electrons. The van der Waals surface area contributed by atoms with Crippen LogP contribution in [0.2, 0.25) is 0 Å². The lowest BCUT2D eigenvalue weighted by molar-refractivity contribution is -0.125. The van der Waals surface area contributed by atoms with Gasteiger partial charge in [-0.15, -0.1) is 0 Å². The molecule has 1 N–H and O–H groups in total. The first-order chi connectivity index (χ1) is 19.0. The highest BCUT2D eigenvalue weighted by molar-refractivity contribution is 5.95. The van der Waals surface area contributed by atoms with Crippen molar-refractivity contribution in [2.45, 2.75) is 12.8 Å². The van der Waals surface area contributed by atoms with Crippen molar-refractivity contribution in [2.75, 3.05) is 50.6 Å². The van der Waals surface area contributed by atoms with E-state index in [1.807, 2.05) is 41.3 Å². The fraction of sp³-hybridized carbons (Fsp3) is 0.300. The van der Waals surface area contributed by atoms with E-state index >= 15 is 0 Å². The van der Waals surface area contributed by atoms with E-state index in [1.54, 1.807) is 26.8 Å². The van der Waals surface area contributed by atoms with Gasteiger partial charge in [0.05, 0.1) is 37.4 Å². The summed E-state index contributed by atoms with van der Waals surface area (Å²) >= 11 is 0. The molecule has 200 valence electrons. The SMILES string of the molecule is C=CC(=O)N1CCC2(CCN(c3cc4c(Nc5cc(-c6ccco6)ccc5OC)ncnc4cc3OC)C2)C1. The predicted octanol–water partition coefficient (Wildman–Crippen LogP) is 5.27. The van der Waals surface area contributed by atoms with Gasteiger partial charge in [0, 0.05) is 48.6 Å². The third-order valence-corrected chi connectivity index (χ3v) is 7.90. The third kappa shape index (κ3) is 4.54. The molecule has 2 fully saturated rings. The summed E-state index contributed by atoms with van der Waals surface area (Å²) in [5.41, 5.74) is 3.53. The highest BCUT2D eigenvalue weighted by atomic mass is 16.5. The van der Waals surface area contributed by atoms with E-state index in [1.165, 1.54) is 6.08 Å². The Bertz CT molecular complexity index is 1540. The molecule has 2 aromatic carbocycles. The van der Waals surface area contributed by atoms with E-state index in [9.17, 15) is 4.79 Å². The molecule has 0 bridgehead atoms. The standard InChI is InChI=1S/C30H31N5O4/c1-4-28(36)35-12-10-30(18-35)9-11-34(17-30)24-15-21-22(16-27(24)38-3)31-19-32-29(21)33-23-14-20(7-8-26(23)37-2)25-6-5-13-39-25/h4-8,13-16,19H,1,9-12,17-18H2,2-3H3,(H,31,32,33). The smallest absolute Gasteiger partial charge is 0.245 e. The maximum Gasteiger partial charge on any atom is 0.245 e. The number of rotatable bonds is 7. The molecule has 1 atom stereocenters. The van der Waals surface area contributed by atoms with Crippen LogP contribution in [-0.4, -0.2) is 61.2 Å². The van der Waals surface area contributed by atoms with Crippen LogP contribution in [0.1, 0.15) is 12.8 Å². The van der Waals surface area contributed by atoms with Gasteiger partial charge in [0.15, 0.2) is 0 Å². The van der Waals surface area contributed by atoms with Gasteiger partial charge in [-0.3, -0.25) is 4.79 Å². The van der Waals surface area contributed by atoms with Crippen molar-refractivity contribution >= 4 is 34.0 Å². The Hall–Kier alpha value is -4.53. The van der Waals surface area contributed by atoms with Crippen molar-refractivity contribution in [3.8, 4) is 22.8 Å². The number of benzene rings is 2. The van der Waals surface area contributed by atoms with Gasteiger partial charge >= 0.3 is 0 Å². The maximum absolute atomic E-state index is 12.2. The van der Waals surface area contributed by atoms with Gasteiger partial charge in [-0.25, -0.2) is 9.97 Å². The number of aromatic nitrogens is 2. The summed E-state index contributed by atoms with van der Waals surface area (Å²) in [6.45, 7) is 6.92. The van der Waals surface area contributed by atoms with Gasteiger partial charge < -0.3 is 29.0 Å². The molecule has 4 heterocycles. The number of carbonyl (C=O) groups excluding carboxylic acids is 1. The molecule has 0 saturated carbocycles. The molecule has 1 amide bonds. The second kappa shape index (κ2) is 9.98. The number of nitrogens with one attached hydrogen (secondary N) is 1. The molecule has 6 rings (SSSR count). The first kappa shape index (κ1) is 24.8. The summed E-state index contributed by atoms with van der Waals surface area (Å²) in [4.78, 5) is 25.6. The lowest BCUT2D eigenvalue weighted by Crippen LogP contribution is -2.33. The molecular weight excluding hydrogens is 494 g/mol. The zero-order valence-electron chi connectivity index (χ0n) is 22.1. The van der Waals surface area contributed by atoms with Crippen LogP contribution in [0.25, 0.3) is 22.2 Å². The number of ether oxygens (including phenoxy) is 2. The van der Waals surface area contributed by atoms with Crippen LogP contribution < -0.4 is 19.7 Å². The minimum atomic E-state index is 0.00743. The van der Waals surface area contributed by atoms with Gasteiger partial charge in [-0.2, -0.15) is 0 Å². The number of furan rings is 1. The number of hydrogen-bond donors (Lipinski definition) is 1. The number of carbonyl (C=O) groups is 1. The molecule has 0 aliphatic carbocycles. The summed E-state index contributed by atoms with van der Waals surface area (Å²) in [6.07, 6.45) is 6.61. The minimum absolute atomic E-state index is 0.00743. The average Bonchev–Trinajstić information content (AvgIpc) is 3.74. The van der Waals surface area contributed by atoms with E-state index in [-0.39, 0.29) is 11.3 Å². The first-order valence-electron chi connectivity index (χ1n) is 13.0. The number of nitrogens with zero attached hydrogens (tertiary/aromatic N) is 4. The van der Waals surface area contributed by atoms with Gasteiger partial charge in [-0.1, -0.05) is 6.58 Å². The molecule has 2 aliphatic rings. The average molecular weight is 526 g/mol. The van der Waals surface area contributed by atoms with Gasteiger partial charge in [-0.05, 0) is 55.3 Å². The lowest BCUT2D eigenvalue weighted by atomic mass is 9.86. The molecule has 2 saturated heterocycles. The Morgan fingerprint density at radius 2 is 1.92 bits per heavy atom. The monoisotopic (exact) mass is 525 g/mol. The third-order valence-electron chi connectivity index (χ3n) is 7.90. The van der Waals surface area contributed by atoms with Crippen molar-refractivity contribution in [3.05, 3.63) is 67.7 Å². The summed E-state index contributed by atoms with van der Waals surface area (Å²) in [6, 6.07) is 13.7. The van der Waals surface area contributed by atoms with E-state index in [4.69, 9.17) is 13.9 Å². The molecule has 9 heteroatoms. The molecule has 2 aromatic heterocycles. The maximum atomic E-state index is 12.2. The highest BCUT2D eigenvalue weighted by Crippen LogP contribution is 2.45. The largest absolute Gasteiger partial charge is 0.495 e. The van der Waals surface area contributed by atoms with E-state index in [2.05, 4.69) is 32.8 Å². The lowest BCUT2D eigenvalue weighted by Gasteiger charge is -2.26. The fourth-order valence-electron chi connectivity index (χ4n) is 5.84. The summed E-state index contributed by atoms with van der Waals surface area (Å²) in [7, 11) is 3.33. The molecule has 1 spiro atoms. The number of amides is 1. The van der Waals surface area contributed by atoms with Crippen molar-refractivity contribution < 1.29 is 18.7 Å². The zero-order chi connectivity index (χ0) is 27.0. The zero-order valence-corrected chi connectivity index (χ0v) is 22.1. The van der Waals surface area contributed by atoms with Crippen LogP contribution >= 0.6 is 0 Å². The van der Waals surface area contributed by atoms with Crippen molar-refractivity contribution in [1.29, 1.82) is 0 Å².